The molecular weight excluding hydrogens is 262 g/mol. The van der Waals surface area contributed by atoms with E-state index in [0.29, 0.717) is 0 Å². The number of esters is 1. The molecule has 0 aromatic carbocycles. The zero-order valence-corrected chi connectivity index (χ0v) is 11.3. The minimum atomic E-state index is -1.27. The van der Waals surface area contributed by atoms with Gasteiger partial charge in [-0.15, -0.1) is 11.6 Å². The van der Waals surface area contributed by atoms with Gasteiger partial charge in [0.15, 0.2) is 5.38 Å². The number of hydrogen-bond donors (Lipinski definition) is 0. The van der Waals surface area contributed by atoms with Crippen LogP contribution in [0.2, 0.25) is 0 Å². The Morgan fingerprint density at radius 3 is 2.61 bits per heavy atom. The van der Waals surface area contributed by atoms with Gasteiger partial charge in [-0.25, -0.2) is 4.79 Å². The Labute approximate surface area is 109 Å². The summed E-state index contributed by atoms with van der Waals surface area (Å²) in [4.78, 5) is 25.4. The number of alkyl halides is 1. The van der Waals surface area contributed by atoms with Gasteiger partial charge in [0.1, 0.15) is 11.3 Å². The van der Waals surface area contributed by atoms with Gasteiger partial charge < -0.3 is 19.4 Å². The monoisotopic (exact) mass is 275 g/mol. The molecule has 0 bridgehead atoms. The van der Waals surface area contributed by atoms with Crippen LogP contribution in [0.1, 0.15) is 31.8 Å². The Kier molecular flexibility index (Phi) is 3.95. The van der Waals surface area contributed by atoms with E-state index in [1.807, 2.05) is 0 Å². The summed E-state index contributed by atoms with van der Waals surface area (Å²) in [5.41, 5.74) is -0.701. The fourth-order valence-electron chi connectivity index (χ4n) is 1.33. The lowest BCUT2D eigenvalue weighted by molar-refractivity contribution is -0.390. The highest BCUT2D eigenvalue weighted by Crippen LogP contribution is 2.30. The topological polar surface area (TPSA) is 87.3 Å². The smallest absolute Gasteiger partial charge is 0.387 e. The third-order valence-electron chi connectivity index (χ3n) is 1.99. The molecule has 1 atom stereocenters. The number of nitro groups is 1. The van der Waals surface area contributed by atoms with Crippen molar-refractivity contribution < 1.29 is 14.5 Å². The van der Waals surface area contributed by atoms with E-state index in [0.717, 1.165) is 0 Å². The molecule has 0 aliphatic carbocycles. The third-order valence-corrected chi connectivity index (χ3v) is 2.37. The van der Waals surface area contributed by atoms with E-state index < -0.39 is 27.7 Å². The molecular formula is C10H14ClN3O4. The Morgan fingerprint density at radius 2 is 2.17 bits per heavy atom. The molecule has 1 aromatic rings. The maximum atomic E-state index is 11.8. The third kappa shape index (κ3) is 3.19. The molecule has 18 heavy (non-hydrogen) atoms. The van der Waals surface area contributed by atoms with Crippen LogP contribution in [0.15, 0.2) is 6.33 Å². The van der Waals surface area contributed by atoms with E-state index in [1.165, 1.54) is 17.9 Å². The molecule has 1 unspecified atom stereocenters. The molecule has 0 fully saturated rings. The van der Waals surface area contributed by atoms with Crippen LogP contribution < -0.4 is 0 Å². The molecule has 0 saturated heterocycles. The molecule has 0 N–H and O–H groups in total. The van der Waals surface area contributed by atoms with Gasteiger partial charge in [0.05, 0.1) is 0 Å². The maximum Gasteiger partial charge on any atom is 0.387 e. The van der Waals surface area contributed by atoms with Crippen molar-refractivity contribution >= 4 is 23.4 Å². The summed E-state index contributed by atoms with van der Waals surface area (Å²) in [5, 5.41) is 9.50. The fraction of sp³-hybridized carbons (Fsp3) is 0.600. The predicted octanol–water partition coefficient (Wildman–Crippen LogP) is 1.95. The van der Waals surface area contributed by atoms with Crippen molar-refractivity contribution in [2.75, 3.05) is 0 Å². The van der Waals surface area contributed by atoms with E-state index in [9.17, 15) is 14.9 Å². The molecule has 1 rings (SSSR count). The highest BCUT2D eigenvalue weighted by atomic mass is 35.5. The summed E-state index contributed by atoms with van der Waals surface area (Å²) < 4.78 is 6.41. The van der Waals surface area contributed by atoms with E-state index >= 15 is 0 Å². The Balaban J connectivity index is 3.04. The zero-order chi connectivity index (χ0) is 14.1. The van der Waals surface area contributed by atoms with E-state index in [4.69, 9.17) is 16.3 Å². The van der Waals surface area contributed by atoms with Crippen molar-refractivity contribution in [3.8, 4) is 0 Å². The Morgan fingerprint density at radius 1 is 1.61 bits per heavy atom. The van der Waals surface area contributed by atoms with Crippen LogP contribution in [-0.4, -0.2) is 26.0 Å². The van der Waals surface area contributed by atoms with Crippen molar-refractivity contribution in [2.24, 2.45) is 7.05 Å². The molecule has 8 heteroatoms. The highest BCUT2D eigenvalue weighted by molar-refractivity contribution is 6.30. The number of carbonyl (C=O) groups excluding carboxylic acids is 1. The van der Waals surface area contributed by atoms with Crippen LogP contribution in [0.25, 0.3) is 0 Å². The van der Waals surface area contributed by atoms with Gasteiger partial charge in [0.25, 0.3) is 0 Å². The SMILES string of the molecule is Cn1cnc([N+](=O)[O-])c1C(Cl)C(=O)OC(C)(C)C. The minimum Gasteiger partial charge on any atom is -0.459 e. The van der Waals surface area contributed by atoms with Gasteiger partial charge in [0.2, 0.25) is 6.33 Å². The normalized spacial score (nSPS) is 13.2. The summed E-state index contributed by atoms with van der Waals surface area (Å²) in [5.74, 6) is -1.18. The summed E-state index contributed by atoms with van der Waals surface area (Å²) in [6.45, 7) is 5.06. The first kappa shape index (κ1) is 14.4. The quantitative estimate of drug-likeness (QED) is 0.364. The second-order valence-corrected chi connectivity index (χ2v) is 5.15. The van der Waals surface area contributed by atoms with E-state index in [2.05, 4.69) is 4.98 Å². The molecule has 1 aromatic heterocycles. The molecule has 0 aliphatic rings. The first-order chi connectivity index (χ1) is 8.13. The summed E-state index contributed by atoms with van der Waals surface area (Å²) in [6, 6.07) is 0. The maximum absolute atomic E-state index is 11.8. The number of halogens is 1. The van der Waals surface area contributed by atoms with Crippen LogP contribution in [0.5, 0.6) is 0 Å². The number of aromatic nitrogens is 2. The van der Waals surface area contributed by atoms with Crippen molar-refractivity contribution in [2.45, 2.75) is 31.7 Å². The van der Waals surface area contributed by atoms with Crippen LogP contribution in [-0.2, 0) is 16.6 Å². The van der Waals surface area contributed by atoms with E-state index in [-0.39, 0.29) is 5.69 Å². The number of hydrogen-bond acceptors (Lipinski definition) is 5. The van der Waals surface area contributed by atoms with Gasteiger partial charge >= 0.3 is 11.8 Å². The number of carbonyl (C=O) groups is 1. The van der Waals surface area contributed by atoms with Crippen LogP contribution in [0.3, 0.4) is 0 Å². The van der Waals surface area contributed by atoms with Crippen LogP contribution >= 0.6 is 11.6 Å². The lowest BCUT2D eigenvalue weighted by Gasteiger charge is -2.21. The zero-order valence-electron chi connectivity index (χ0n) is 10.5. The summed E-state index contributed by atoms with van der Waals surface area (Å²) >= 11 is 5.92. The Hall–Kier alpha value is -1.63. The molecule has 100 valence electrons. The number of ether oxygens (including phenoxy) is 1. The van der Waals surface area contributed by atoms with Gasteiger partial charge in [-0.3, -0.25) is 0 Å². The first-order valence-electron chi connectivity index (χ1n) is 5.16. The fourth-order valence-corrected chi connectivity index (χ4v) is 1.62. The molecule has 7 nitrogen and oxygen atoms in total. The minimum absolute atomic E-state index is 0.0101. The van der Waals surface area contributed by atoms with Crippen molar-refractivity contribution in [1.29, 1.82) is 0 Å². The van der Waals surface area contributed by atoms with Crippen LogP contribution in [0.4, 0.5) is 5.82 Å². The number of nitrogens with zero attached hydrogens (tertiary/aromatic N) is 3. The lowest BCUT2D eigenvalue weighted by atomic mass is 10.2. The second-order valence-electron chi connectivity index (χ2n) is 4.72. The molecule has 0 amide bonds. The molecule has 0 radical (unpaired) electrons. The molecule has 1 heterocycles. The Bertz CT molecular complexity index is 478. The molecule has 0 aliphatic heterocycles. The molecule has 0 spiro atoms. The van der Waals surface area contributed by atoms with Gasteiger partial charge in [-0.05, 0) is 30.7 Å². The number of aryl methyl sites for hydroxylation is 1. The second kappa shape index (κ2) is 4.93. The highest BCUT2D eigenvalue weighted by Gasteiger charge is 2.34. The number of rotatable bonds is 3. The summed E-state index contributed by atoms with van der Waals surface area (Å²) in [6.07, 6.45) is 1.23. The lowest BCUT2D eigenvalue weighted by Crippen LogP contribution is -2.27. The predicted molar refractivity (Wildman–Crippen MR) is 64.3 cm³/mol. The average molecular weight is 276 g/mol. The van der Waals surface area contributed by atoms with Gasteiger partial charge in [-0.1, -0.05) is 0 Å². The average Bonchev–Trinajstić information content (AvgIpc) is 2.56. The van der Waals surface area contributed by atoms with Crippen molar-refractivity contribution in [3.05, 3.63) is 22.1 Å². The standard InChI is InChI=1S/C10H14ClN3O4/c1-10(2,3)18-9(15)6(11)7-8(14(16)17)12-5-13(7)4/h5-6H,1-4H3. The largest absolute Gasteiger partial charge is 0.459 e. The first-order valence-corrected chi connectivity index (χ1v) is 5.59. The van der Waals surface area contributed by atoms with E-state index in [1.54, 1.807) is 20.8 Å². The number of imidazole rings is 1. The summed E-state index contributed by atoms with van der Waals surface area (Å²) in [7, 11) is 1.52. The van der Waals surface area contributed by atoms with Gasteiger partial charge in [-0.2, -0.15) is 0 Å². The molecule has 0 saturated carbocycles. The van der Waals surface area contributed by atoms with Crippen molar-refractivity contribution in [3.63, 3.8) is 0 Å². The van der Waals surface area contributed by atoms with Crippen molar-refractivity contribution in [1.82, 2.24) is 9.55 Å². The van der Waals surface area contributed by atoms with Gasteiger partial charge in [0, 0.05) is 7.05 Å². The van der Waals surface area contributed by atoms with Crippen LogP contribution in [0, 0.1) is 10.1 Å².